The third-order valence-corrected chi connectivity index (χ3v) is 5.59. The van der Waals surface area contributed by atoms with E-state index in [9.17, 15) is 5.11 Å². The van der Waals surface area contributed by atoms with Crippen molar-refractivity contribution in [1.82, 2.24) is 25.7 Å². The lowest BCUT2D eigenvalue weighted by atomic mass is 10.00. The summed E-state index contributed by atoms with van der Waals surface area (Å²) >= 11 is 0. The molecule has 2 aliphatic heterocycles. The minimum Gasteiger partial charge on any atom is -0.507 e. The van der Waals surface area contributed by atoms with Crippen LogP contribution in [0.4, 0.5) is 5.82 Å². The summed E-state index contributed by atoms with van der Waals surface area (Å²) in [5.41, 5.74) is 3.15. The van der Waals surface area contributed by atoms with Gasteiger partial charge in [-0.15, -0.1) is 22.6 Å². The molecule has 4 heterocycles. The van der Waals surface area contributed by atoms with Crippen LogP contribution in [0.5, 0.6) is 5.75 Å². The third-order valence-electron chi connectivity index (χ3n) is 5.59. The zero-order valence-corrected chi connectivity index (χ0v) is 16.1. The summed E-state index contributed by atoms with van der Waals surface area (Å²) < 4.78 is 0. The third kappa shape index (κ3) is 3.68. The molecule has 3 aromatic rings. The summed E-state index contributed by atoms with van der Waals surface area (Å²) in [7, 11) is 0. The highest BCUT2D eigenvalue weighted by molar-refractivity contribution is 5.85. The van der Waals surface area contributed by atoms with Crippen molar-refractivity contribution in [3.05, 3.63) is 42.7 Å². The van der Waals surface area contributed by atoms with Gasteiger partial charge in [-0.1, -0.05) is 6.07 Å². The molecule has 28 heavy (non-hydrogen) atoms. The number of phenolic OH excluding ortho intramolecular Hbond substituents is 1. The molecule has 5 rings (SSSR count). The Kier molecular flexibility index (Phi) is 5.19. The highest BCUT2D eigenvalue weighted by Gasteiger charge is 2.33. The van der Waals surface area contributed by atoms with Crippen LogP contribution >= 0.6 is 12.4 Å². The first-order valence-electron chi connectivity index (χ1n) is 9.43. The van der Waals surface area contributed by atoms with Gasteiger partial charge in [-0.2, -0.15) is 5.10 Å². The average molecular weight is 399 g/mol. The van der Waals surface area contributed by atoms with Gasteiger partial charge in [0.2, 0.25) is 0 Å². The normalized spacial score (nSPS) is 23.2. The molecule has 0 spiro atoms. The maximum atomic E-state index is 10.4. The monoisotopic (exact) mass is 398 g/mol. The van der Waals surface area contributed by atoms with Gasteiger partial charge in [0.05, 0.1) is 11.9 Å². The number of piperidine rings is 1. The van der Waals surface area contributed by atoms with Crippen molar-refractivity contribution in [1.29, 1.82) is 0 Å². The Morgan fingerprint density at radius 2 is 1.82 bits per heavy atom. The van der Waals surface area contributed by atoms with Crippen molar-refractivity contribution >= 4 is 18.2 Å². The molecule has 7 nitrogen and oxygen atoms in total. The molecule has 2 saturated heterocycles. The quantitative estimate of drug-likeness (QED) is 0.538. The fourth-order valence-corrected chi connectivity index (χ4v) is 4.27. The molecular formula is C20H23ClN6O. The maximum Gasteiger partial charge on any atom is 0.148 e. The first-order chi connectivity index (χ1) is 13.2. The molecule has 2 fully saturated rings. The lowest BCUT2D eigenvalue weighted by Gasteiger charge is -2.29. The largest absolute Gasteiger partial charge is 0.507 e. The van der Waals surface area contributed by atoms with E-state index in [1.54, 1.807) is 18.5 Å². The summed E-state index contributed by atoms with van der Waals surface area (Å²) in [6.45, 7) is 0. The fraction of sp³-hybridized carbons (Fsp3) is 0.350. The number of hydrogen-bond donors (Lipinski definition) is 4. The standard InChI is InChI=1S/C20H22N6O.ClH/c27-19-7-12(13-10-21-22-11-13)1-4-17(19)18-5-6-20(26-25-18)24-16-8-14-2-3-15(9-16)23-14;/h1,4-7,10-11,14-16,23,27H,2-3,8-9H2,(H,21,22)(H,24,26);1H. The van der Waals surface area contributed by atoms with Crippen LogP contribution in [0.2, 0.25) is 0 Å². The van der Waals surface area contributed by atoms with Gasteiger partial charge in [-0.25, -0.2) is 0 Å². The predicted molar refractivity (Wildman–Crippen MR) is 111 cm³/mol. The first-order valence-corrected chi connectivity index (χ1v) is 9.43. The molecule has 0 aliphatic carbocycles. The predicted octanol–water partition coefficient (Wildman–Crippen LogP) is 3.36. The zero-order valence-electron chi connectivity index (χ0n) is 15.3. The number of halogens is 1. The van der Waals surface area contributed by atoms with Crippen LogP contribution in [0.3, 0.4) is 0 Å². The summed E-state index contributed by atoms with van der Waals surface area (Å²) in [4.78, 5) is 0. The molecular weight excluding hydrogens is 376 g/mol. The number of benzene rings is 1. The molecule has 2 unspecified atom stereocenters. The van der Waals surface area contributed by atoms with Gasteiger partial charge >= 0.3 is 0 Å². The van der Waals surface area contributed by atoms with Crippen molar-refractivity contribution < 1.29 is 5.11 Å². The van der Waals surface area contributed by atoms with Crippen LogP contribution in [-0.2, 0) is 0 Å². The van der Waals surface area contributed by atoms with Gasteiger partial charge in [-0.3, -0.25) is 5.10 Å². The van der Waals surface area contributed by atoms with Crippen LogP contribution in [0.1, 0.15) is 25.7 Å². The van der Waals surface area contributed by atoms with Crippen LogP contribution in [0, 0.1) is 0 Å². The highest BCUT2D eigenvalue weighted by Crippen LogP contribution is 2.32. The number of fused-ring (bicyclic) bond motifs is 2. The topological polar surface area (TPSA) is 98.8 Å². The number of aromatic hydroxyl groups is 1. The number of nitrogens with zero attached hydrogens (tertiary/aromatic N) is 3. The first kappa shape index (κ1) is 18.7. The Labute approximate surface area is 169 Å². The lowest BCUT2D eigenvalue weighted by Crippen LogP contribution is -2.43. The van der Waals surface area contributed by atoms with Gasteiger partial charge < -0.3 is 15.7 Å². The molecule has 1 aromatic carbocycles. The average Bonchev–Trinajstić information content (AvgIpc) is 3.32. The number of hydrogen-bond acceptors (Lipinski definition) is 6. The molecule has 2 atom stereocenters. The van der Waals surface area contributed by atoms with Crippen molar-refractivity contribution in [3.8, 4) is 28.1 Å². The number of rotatable bonds is 4. The van der Waals surface area contributed by atoms with Crippen LogP contribution in [0.25, 0.3) is 22.4 Å². The Morgan fingerprint density at radius 1 is 1.00 bits per heavy atom. The number of phenols is 1. The van der Waals surface area contributed by atoms with E-state index in [-0.39, 0.29) is 18.2 Å². The van der Waals surface area contributed by atoms with Gasteiger partial charge in [-0.05, 0) is 55.5 Å². The number of H-pyrrole nitrogens is 1. The molecule has 8 heteroatoms. The zero-order chi connectivity index (χ0) is 18.2. The minimum atomic E-state index is 0. The maximum absolute atomic E-state index is 10.4. The molecule has 4 N–H and O–H groups in total. The van der Waals surface area contributed by atoms with Crippen molar-refractivity contribution in [2.45, 2.75) is 43.8 Å². The van der Waals surface area contributed by atoms with E-state index < -0.39 is 0 Å². The summed E-state index contributed by atoms with van der Waals surface area (Å²) in [6, 6.07) is 11.1. The van der Waals surface area contributed by atoms with Gasteiger partial charge in [0, 0.05) is 35.4 Å². The SMILES string of the molecule is Cl.Oc1cc(-c2cn[nH]c2)ccc1-c1ccc(NC2CC3CCC(C2)N3)nn1. The van der Waals surface area contributed by atoms with E-state index in [4.69, 9.17) is 0 Å². The Balaban J connectivity index is 0.00000192. The minimum absolute atomic E-state index is 0. The van der Waals surface area contributed by atoms with Gasteiger partial charge in [0.15, 0.2) is 0 Å². The van der Waals surface area contributed by atoms with Crippen molar-refractivity contribution in [3.63, 3.8) is 0 Å². The van der Waals surface area contributed by atoms with E-state index in [1.165, 1.54) is 12.8 Å². The van der Waals surface area contributed by atoms with Crippen LogP contribution in [0.15, 0.2) is 42.7 Å². The highest BCUT2D eigenvalue weighted by atomic mass is 35.5. The number of nitrogens with one attached hydrogen (secondary N) is 3. The number of aromatic amines is 1. The smallest absolute Gasteiger partial charge is 0.148 e. The molecule has 2 aliphatic rings. The second-order valence-electron chi connectivity index (χ2n) is 7.47. The fourth-order valence-electron chi connectivity index (χ4n) is 4.27. The Hall–Kier alpha value is -2.64. The Bertz CT molecular complexity index is 918. The summed E-state index contributed by atoms with van der Waals surface area (Å²) in [5.74, 6) is 0.971. The summed E-state index contributed by atoms with van der Waals surface area (Å²) in [6.07, 6.45) is 8.35. The number of aromatic nitrogens is 4. The van der Waals surface area contributed by atoms with E-state index >= 15 is 0 Å². The number of anilines is 1. The molecule has 146 valence electrons. The second kappa shape index (κ2) is 7.77. The van der Waals surface area contributed by atoms with Gasteiger partial charge in [0.25, 0.3) is 0 Å². The van der Waals surface area contributed by atoms with Crippen LogP contribution in [-0.4, -0.2) is 43.6 Å². The van der Waals surface area contributed by atoms with E-state index in [1.807, 2.05) is 24.3 Å². The van der Waals surface area contributed by atoms with Crippen LogP contribution < -0.4 is 10.6 Å². The van der Waals surface area contributed by atoms with E-state index in [0.717, 1.165) is 29.8 Å². The molecule has 2 aromatic heterocycles. The van der Waals surface area contributed by atoms with E-state index in [0.29, 0.717) is 29.4 Å². The van der Waals surface area contributed by atoms with E-state index in [2.05, 4.69) is 31.0 Å². The van der Waals surface area contributed by atoms with Crippen molar-refractivity contribution in [2.24, 2.45) is 0 Å². The molecule has 2 bridgehead atoms. The summed E-state index contributed by atoms with van der Waals surface area (Å²) in [5, 5.41) is 32.9. The Morgan fingerprint density at radius 3 is 2.46 bits per heavy atom. The lowest BCUT2D eigenvalue weighted by molar-refractivity contribution is 0.377. The molecule has 0 amide bonds. The second-order valence-corrected chi connectivity index (χ2v) is 7.47. The van der Waals surface area contributed by atoms with Crippen molar-refractivity contribution in [2.75, 3.05) is 5.32 Å². The molecule has 0 radical (unpaired) electrons. The van der Waals surface area contributed by atoms with Gasteiger partial charge in [0.1, 0.15) is 11.6 Å². The molecule has 0 saturated carbocycles.